The first-order valence-corrected chi connectivity index (χ1v) is 5.58. The Morgan fingerprint density at radius 2 is 1.93 bits per heavy atom. The Morgan fingerprint density at radius 1 is 1.33 bits per heavy atom. The highest BCUT2D eigenvalue weighted by Gasteiger charge is 2.18. The number of Topliss-reactive ketones (excluding diaryl/α,β-unsaturated/α-hetero) is 1. The van der Waals surface area contributed by atoms with Crippen molar-refractivity contribution >= 4 is 5.78 Å². The number of rotatable bonds is 3. The normalized spacial score (nSPS) is 17.1. The molecule has 1 aliphatic rings. The van der Waals surface area contributed by atoms with E-state index in [9.17, 15) is 4.79 Å². The summed E-state index contributed by atoms with van der Waals surface area (Å²) < 4.78 is 0. The molecule has 15 heavy (non-hydrogen) atoms. The summed E-state index contributed by atoms with van der Waals surface area (Å²) >= 11 is 0. The monoisotopic (exact) mass is 204 g/mol. The Hall–Kier alpha value is -1.11. The van der Waals surface area contributed by atoms with E-state index in [2.05, 4.69) is 27.4 Å². The largest absolute Gasteiger partial charge is 0.295 e. The molecule has 0 aliphatic heterocycles. The lowest BCUT2D eigenvalue weighted by Crippen LogP contribution is -2.08. The lowest BCUT2D eigenvalue weighted by molar-refractivity contribution is -0.113. The van der Waals surface area contributed by atoms with Crippen molar-refractivity contribution in [3.63, 3.8) is 0 Å². The molecule has 0 amide bonds. The summed E-state index contributed by atoms with van der Waals surface area (Å²) in [6.45, 7) is 12.0. The number of carbonyl (C=O) groups is 1. The third-order valence-electron chi connectivity index (χ3n) is 3.31. The first-order chi connectivity index (χ1) is 6.99. The zero-order valence-corrected chi connectivity index (χ0v) is 10.2. The molecule has 1 aliphatic carbocycles. The maximum atomic E-state index is 11.3. The van der Waals surface area contributed by atoms with Crippen LogP contribution in [0.3, 0.4) is 0 Å². The van der Waals surface area contributed by atoms with Crippen LogP contribution in [0.4, 0.5) is 0 Å². The summed E-state index contributed by atoms with van der Waals surface area (Å²) in [7, 11) is 0. The second kappa shape index (κ2) is 4.61. The molecular formula is C14H20O. The van der Waals surface area contributed by atoms with Crippen LogP contribution in [-0.4, -0.2) is 5.78 Å². The van der Waals surface area contributed by atoms with Crippen molar-refractivity contribution in [2.24, 2.45) is 0 Å². The average molecular weight is 204 g/mol. The molecule has 0 bridgehead atoms. The van der Waals surface area contributed by atoms with Gasteiger partial charge >= 0.3 is 0 Å². The lowest BCUT2D eigenvalue weighted by atomic mass is 9.82. The second-order valence-electron chi connectivity index (χ2n) is 4.25. The summed E-state index contributed by atoms with van der Waals surface area (Å²) in [6, 6.07) is 0. The van der Waals surface area contributed by atoms with Crippen LogP contribution in [0.2, 0.25) is 0 Å². The minimum atomic E-state index is 0.0966. The molecule has 1 nitrogen and oxygen atoms in total. The summed E-state index contributed by atoms with van der Waals surface area (Å²) in [5, 5.41) is 0. The van der Waals surface area contributed by atoms with Crippen molar-refractivity contribution in [2.45, 2.75) is 47.0 Å². The number of carbonyl (C=O) groups excluding carboxylic acids is 1. The van der Waals surface area contributed by atoms with Crippen LogP contribution in [0.25, 0.3) is 0 Å². The van der Waals surface area contributed by atoms with E-state index in [1.807, 2.05) is 0 Å². The van der Waals surface area contributed by atoms with Gasteiger partial charge in [0.25, 0.3) is 0 Å². The molecule has 0 radical (unpaired) electrons. The fraction of sp³-hybridized carbons (Fsp3) is 0.500. The smallest absolute Gasteiger partial charge is 0.159 e. The van der Waals surface area contributed by atoms with E-state index in [-0.39, 0.29) is 5.78 Å². The minimum Gasteiger partial charge on any atom is -0.295 e. The second-order valence-corrected chi connectivity index (χ2v) is 4.25. The van der Waals surface area contributed by atoms with E-state index in [0.29, 0.717) is 5.57 Å². The van der Waals surface area contributed by atoms with Crippen LogP contribution >= 0.6 is 0 Å². The molecule has 0 spiro atoms. The van der Waals surface area contributed by atoms with E-state index in [1.165, 1.54) is 22.3 Å². The highest BCUT2D eigenvalue weighted by molar-refractivity contribution is 5.97. The number of hydrogen-bond donors (Lipinski definition) is 0. The van der Waals surface area contributed by atoms with Gasteiger partial charge in [0.15, 0.2) is 5.78 Å². The van der Waals surface area contributed by atoms with Crippen molar-refractivity contribution in [1.29, 1.82) is 0 Å². The Morgan fingerprint density at radius 3 is 2.40 bits per heavy atom. The average Bonchev–Trinajstić information content (AvgIpc) is 2.17. The van der Waals surface area contributed by atoms with Gasteiger partial charge in [-0.2, -0.15) is 0 Å². The van der Waals surface area contributed by atoms with E-state index >= 15 is 0 Å². The lowest BCUT2D eigenvalue weighted by Gasteiger charge is -2.23. The van der Waals surface area contributed by atoms with Gasteiger partial charge in [0.1, 0.15) is 0 Å². The molecule has 0 aromatic heterocycles. The Labute approximate surface area is 92.6 Å². The van der Waals surface area contributed by atoms with Crippen LogP contribution in [0.5, 0.6) is 0 Å². The quantitative estimate of drug-likeness (QED) is 0.636. The van der Waals surface area contributed by atoms with Gasteiger partial charge in [0, 0.05) is 5.57 Å². The maximum Gasteiger partial charge on any atom is 0.159 e. The van der Waals surface area contributed by atoms with Gasteiger partial charge in [-0.1, -0.05) is 19.1 Å². The van der Waals surface area contributed by atoms with Crippen LogP contribution in [0, 0.1) is 0 Å². The Balaban J connectivity index is 3.15. The molecule has 0 aromatic carbocycles. The SMILES string of the molecule is C=C(C(C)=O)C1=C(C)C(CC)=C(C)CC1. The van der Waals surface area contributed by atoms with Gasteiger partial charge in [-0.05, 0) is 56.8 Å². The zero-order valence-electron chi connectivity index (χ0n) is 10.2. The summed E-state index contributed by atoms with van der Waals surface area (Å²) in [6.07, 6.45) is 3.09. The summed E-state index contributed by atoms with van der Waals surface area (Å²) in [5.41, 5.74) is 6.03. The maximum absolute atomic E-state index is 11.3. The molecule has 0 heterocycles. The number of allylic oxidation sites excluding steroid dienone is 5. The molecule has 0 aromatic rings. The molecule has 0 saturated heterocycles. The topological polar surface area (TPSA) is 17.1 Å². The highest BCUT2D eigenvalue weighted by Crippen LogP contribution is 2.34. The van der Waals surface area contributed by atoms with Crippen LogP contribution in [0.15, 0.2) is 34.4 Å². The highest BCUT2D eigenvalue weighted by atomic mass is 16.1. The fourth-order valence-corrected chi connectivity index (χ4v) is 2.31. The van der Waals surface area contributed by atoms with Crippen LogP contribution in [0.1, 0.15) is 47.0 Å². The molecule has 0 saturated carbocycles. The van der Waals surface area contributed by atoms with Crippen molar-refractivity contribution in [2.75, 3.05) is 0 Å². The third kappa shape index (κ3) is 2.28. The first kappa shape index (κ1) is 12.0. The molecule has 0 unspecified atom stereocenters. The van der Waals surface area contributed by atoms with E-state index in [0.717, 1.165) is 19.3 Å². The van der Waals surface area contributed by atoms with Crippen molar-refractivity contribution in [1.82, 2.24) is 0 Å². The van der Waals surface area contributed by atoms with Gasteiger partial charge in [-0.3, -0.25) is 4.79 Å². The minimum absolute atomic E-state index is 0.0966. The van der Waals surface area contributed by atoms with Gasteiger partial charge in [-0.15, -0.1) is 0 Å². The Bertz CT molecular complexity index is 367. The summed E-state index contributed by atoms with van der Waals surface area (Å²) in [4.78, 5) is 11.3. The third-order valence-corrected chi connectivity index (χ3v) is 3.31. The summed E-state index contributed by atoms with van der Waals surface area (Å²) in [5.74, 6) is 0.0966. The molecular weight excluding hydrogens is 184 g/mol. The molecule has 1 heteroatoms. The number of ketones is 1. The Kier molecular flexibility index (Phi) is 3.67. The standard InChI is InChI=1S/C14H20O/c1-6-13-9(2)7-8-14(11(13)4)10(3)12(5)15/h3,6-8H2,1-2,4-5H3. The predicted octanol–water partition coefficient (Wildman–Crippen LogP) is 3.97. The molecule has 82 valence electrons. The van der Waals surface area contributed by atoms with Gasteiger partial charge in [0.05, 0.1) is 0 Å². The van der Waals surface area contributed by atoms with Crippen LogP contribution in [-0.2, 0) is 4.79 Å². The molecule has 0 fully saturated rings. The van der Waals surface area contributed by atoms with Crippen LogP contribution < -0.4 is 0 Å². The van der Waals surface area contributed by atoms with Gasteiger partial charge in [0.2, 0.25) is 0 Å². The fourth-order valence-electron chi connectivity index (χ4n) is 2.31. The molecule has 0 N–H and O–H groups in total. The van der Waals surface area contributed by atoms with Gasteiger partial charge < -0.3 is 0 Å². The van der Waals surface area contributed by atoms with E-state index in [4.69, 9.17) is 0 Å². The zero-order chi connectivity index (χ0) is 11.6. The number of hydrogen-bond acceptors (Lipinski definition) is 1. The predicted molar refractivity (Wildman–Crippen MR) is 64.7 cm³/mol. The molecule has 1 rings (SSSR count). The molecule has 0 atom stereocenters. The van der Waals surface area contributed by atoms with Crippen molar-refractivity contribution in [3.8, 4) is 0 Å². The van der Waals surface area contributed by atoms with E-state index in [1.54, 1.807) is 6.92 Å². The first-order valence-electron chi connectivity index (χ1n) is 5.58. The van der Waals surface area contributed by atoms with Gasteiger partial charge in [-0.25, -0.2) is 0 Å². The van der Waals surface area contributed by atoms with E-state index < -0.39 is 0 Å². The van der Waals surface area contributed by atoms with Crippen molar-refractivity contribution in [3.05, 3.63) is 34.4 Å². The van der Waals surface area contributed by atoms with Crippen molar-refractivity contribution < 1.29 is 4.79 Å².